The van der Waals surface area contributed by atoms with Crippen molar-refractivity contribution in [2.24, 2.45) is 0 Å². The van der Waals surface area contributed by atoms with Crippen LogP contribution >= 0.6 is 11.6 Å². The van der Waals surface area contributed by atoms with E-state index in [-0.39, 0.29) is 5.91 Å². The number of halogens is 1. The third kappa shape index (κ3) is 4.55. The molecule has 0 aromatic heterocycles. The van der Waals surface area contributed by atoms with Crippen LogP contribution in [-0.2, 0) is 4.79 Å². The van der Waals surface area contributed by atoms with Crippen LogP contribution in [0.3, 0.4) is 0 Å². The molecule has 0 saturated carbocycles. The molecule has 0 fully saturated rings. The molecule has 0 unspecified atom stereocenters. The van der Waals surface area contributed by atoms with Gasteiger partial charge in [-0.3, -0.25) is 4.79 Å². The number of hydrogen-bond acceptors (Lipinski definition) is 4. The fourth-order valence-electron chi connectivity index (χ4n) is 2.07. The minimum Gasteiger partial charge on any atom is -0.496 e. The van der Waals surface area contributed by atoms with E-state index in [0.29, 0.717) is 28.0 Å². The van der Waals surface area contributed by atoms with Crippen molar-refractivity contribution in [2.45, 2.75) is 20.0 Å². The summed E-state index contributed by atoms with van der Waals surface area (Å²) in [7, 11) is 3.10. The van der Waals surface area contributed by atoms with E-state index in [9.17, 15) is 4.79 Å². The van der Waals surface area contributed by atoms with Gasteiger partial charge >= 0.3 is 0 Å². The van der Waals surface area contributed by atoms with Gasteiger partial charge in [-0.15, -0.1) is 0 Å². The summed E-state index contributed by atoms with van der Waals surface area (Å²) in [5, 5.41) is 3.37. The average Bonchev–Trinajstić information content (AvgIpc) is 2.57. The molecule has 0 heterocycles. The summed E-state index contributed by atoms with van der Waals surface area (Å²) in [6, 6.07) is 10.4. The van der Waals surface area contributed by atoms with Crippen LogP contribution in [0.2, 0.25) is 5.02 Å². The van der Waals surface area contributed by atoms with Crippen LogP contribution in [0.1, 0.15) is 12.5 Å². The van der Waals surface area contributed by atoms with Crippen LogP contribution in [0.25, 0.3) is 0 Å². The zero-order valence-corrected chi connectivity index (χ0v) is 14.8. The Labute approximate surface area is 146 Å². The lowest BCUT2D eigenvalue weighted by Crippen LogP contribution is -2.30. The summed E-state index contributed by atoms with van der Waals surface area (Å²) in [6.07, 6.45) is -0.708. The molecule has 0 spiro atoms. The predicted octanol–water partition coefficient (Wildman–Crippen LogP) is 4.07. The zero-order valence-electron chi connectivity index (χ0n) is 14.1. The van der Waals surface area contributed by atoms with E-state index in [4.69, 9.17) is 25.8 Å². The monoisotopic (exact) mass is 349 g/mol. The van der Waals surface area contributed by atoms with Gasteiger partial charge in [0.15, 0.2) is 6.10 Å². The molecule has 1 atom stereocenters. The van der Waals surface area contributed by atoms with E-state index in [1.165, 1.54) is 0 Å². The third-order valence-electron chi connectivity index (χ3n) is 3.46. The molecule has 128 valence electrons. The number of carbonyl (C=O) groups is 1. The Morgan fingerprint density at radius 2 is 1.62 bits per heavy atom. The number of ether oxygens (including phenoxy) is 3. The molecule has 0 aliphatic heterocycles. The van der Waals surface area contributed by atoms with Crippen LogP contribution in [0.15, 0.2) is 36.4 Å². The van der Waals surface area contributed by atoms with E-state index in [1.54, 1.807) is 51.5 Å². The van der Waals surface area contributed by atoms with Crippen LogP contribution in [0, 0.1) is 6.92 Å². The molecule has 2 rings (SSSR count). The third-order valence-corrected chi connectivity index (χ3v) is 3.70. The van der Waals surface area contributed by atoms with Crippen molar-refractivity contribution >= 4 is 23.2 Å². The fraction of sp³-hybridized carbons (Fsp3) is 0.278. The van der Waals surface area contributed by atoms with Crippen molar-refractivity contribution in [3.05, 3.63) is 47.0 Å². The Morgan fingerprint density at radius 3 is 2.21 bits per heavy atom. The van der Waals surface area contributed by atoms with Crippen molar-refractivity contribution in [2.75, 3.05) is 19.5 Å². The average molecular weight is 350 g/mol. The first-order valence-corrected chi connectivity index (χ1v) is 7.77. The van der Waals surface area contributed by atoms with Gasteiger partial charge in [0.05, 0.1) is 14.2 Å². The summed E-state index contributed by atoms with van der Waals surface area (Å²) >= 11 is 5.97. The second-order valence-electron chi connectivity index (χ2n) is 5.26. The molecular weight excluding hydrogens is 330 g/mol. The van der Waals surface area contributed by atoms with E-state index in [2.05, 4.69) is 5.32 Å². The zero-order chi connectivity index (χ0) is 17.7. The Hall–Kier alpha value is -2.40. The Bertz CT molecular complexity index is 711. The number of carbonyl (C=O) groups excluding carboxylic acids is 1. The number of rotatable bonds is 6. The molecule has 1 amide bonds. The maximum atomic E-state index is 12.3. The van der Waals surface area contributed by atoms with Crippen LogP contribution in [0.4, 0.5) is 5.69 Å². The Balaban J connectivity index is 2.10. The number of methoxy groups -OCH3 is 2. The number of hydrogen-bond donors (Lipinski definition) is 1. The highest BCUT2D eigenvalue weighted by Gasteiger charge is 2.17. The minimum absolute atomic E-state index is 0.276. The van der Waals surface area contributed by atoms with Crippen molar-refractivity contribution in [3.63, 3.8) is 0 Å². The van der Waals surface area contributed by atoms with E-state index in [0.717, 1.165) is 5.56 Å². The molecule has 0 radical (unpaired) electrons. The van der Waals surface area contributed by atoms with E-state index in [1.807, 2.05) is 13.0 Å². The largest absolute Gasteiger partial charge is 0.496 e. The number of aryl methyl sites for hydroxylation is 1. The summed E-state index contributed by atoms with van der Waals surface area (Å²) in [4.78, 5) is 12.3. The van der Waals surface area contributed by atoms with Gasteiger partial charge in [0, 0.05) is 28.9 Å². The van der Waals surface area contributed by atoms with Gasteiger partial charge in [-0.05, 0) is 31.5 Å². The van der Waals surface area contributed by atoms with Gasteiger partial charge in [0.25, 0.3) is 5.91 Å². The summed E-state index contributed by atoms with van der Waals surface area (Å²) in [5.74, 6) is 1.38. The highest BCUT2D eigenvalue weighted by molar-refractivity contribution is 6.31. The Morgan fingerprint density at radius 1 is 1.04 bits per heavy atom. The first-order chi connectivity index (χ1) is 11.4. The molecule has 6 heteroatoms. The molecule has 0 bridgehead atoms. The maximum absolute atomic E-state index is 12.3. The molecule has 0 aliphatic rings. The molecule has 0 aliphatic carbocycles. The molecule has 2 aromatic carbocycles. The van der Waals surface area contributed by atoms with Gasteiger partial charge < -0.3 is 19.5 Å². The molecule has 0 saturated heterocycles. The second-order valence-corrected chi connectivity index (χ2v) is 5.69. The van der Waals surface area contributed by atoms with Crippen LogP contribution < -0.4 is 19.5 Å². The van der Waals surface area contributed by atoms with Gasteiger partial charge in [0.2, 0.25) is 0 Å². The standard InChI is InChI=1S/C18H20ClNO4/c1-11-5-6-13(19)7-17(11)20-18(21)12(2)24-16-9-14(22-3)8-15(10-16)23-4/h5-10,12H,1-4H3,(H,20,21)/t12-/m1/s1. The maximum Gasteiger partial charge on any atom is 0.265 e. The molecule has 2 aromatic rings. The first kappa shape index (κ1) is 17.9. The quantitative estimate of drug-likeness (QED) is 0.854. The van der Waals surface area contributed by atoms with Crippen molar-refractivity contribution < 1.29 is 19.0 Å². The van der Waals surface area contributed by atoms with Crippen molar-refractivity contribution in [1.82, 2.24) is 0 Å². The number of amides is 1. The van der Waals surface area contributed by atoms with Crippen LogP contribution in [-0.4, -0.2) is 26.2 Å². The molecule has 1 N–H and O–H groups in total. The number of nitrogens with one attached hydrogen (secondary N) is 1. The summed E-state index contributed by atoms with van der Waals surface area (Å²) in [5.41, 5.74) is 1.58. The lowest BCUT2D eigenvalue weighted by atomic mass is 10.2. The van der Waals surface area contributed by atoms with E-state index < -0.39 is 6.10 Å². The SMILES string of the molecule is COc1cc(OC)cc(O[C@H](C)C(=O)Nc2cc(Cl)ccc2C)c1. The first-order valence-electron chi connectivity index (χ1n) is 7.39. The topological polar surface area (TPSA) is 56.8 Å². The van der Waals surface area contributed by atoms with Gasteiger partial charge in [-0.1, -0.05) is 17.7 Å². The predicted molar refractivity (Wildman–Crippen MR) is 94.5 cm³/mol. The van der Waals surface area contributed by atoms with Crippen molar-refractivity contribution in [1.29, 1.82) is 0 Å². The molecule has 5 nitrogen and oxygen atoms in total. The smallest absolute Gasteiger partial charge is 0.265 e. The highest BCUT2D eigenvalue weighted by atomic mass is 35.5. The fourth-order valence-corrected chi connectivity index (χ4v) is 2.24. The summed E-state index contributed by atoms with van der Waals surface area (Å²) in [6.45, 7) is 3.56. The minimum atomic E-state index is -0.708. The van der Waals surface area contributed by atoms with Crippen LogP contribution in [0.5, 0.6) is 17.2 Å². The summed E-state index contributed by atoms with van der Waals surface area (Å²) < 4.78 is 16.1. The lowest BCUT2D eigenvalue weighted by Gasteiger charge is -2.17. The van der Waals surface area contributed by atoms with Gasteiger partial charge in [-0.2, -0.15) is 0 Å². The number of benzene rings is 2. The van der Waals surface area contributed by atoms with Gasteiger partial charge in [0.1, 0.15) is 17.2 Å². The molecule has 24 heavy (non-hydrogen) atoms. The Kier molecular flexibility index (Phi) is 5.93. The number of anilines is 1. The highest BCUT2D eigenvalue weighted by Crippen LogP contribution is 2.28. The normalized spacial score (nSPS) is 11.5. The lowest BCUT2D eigenvalue weighted by molar-refractivity contribution is -0.122. The van der Waals surface area contributed by atoms with E-state index >= 15 is 0 Å². The molecular formula is C18H20ClNO4. The van der Waals surface area contributed by atoms with Crippen molar-refractivity contribution in [3.8, 4) is 17.2 Å². The second kappa shape index (κ2) is 7.93. The van der Waals surface area contributed by atoms with Gasteiger partial charge in [-0.25, -0.2) is 0 Å².